The molecule has 0 radical (unpaired) electrons. The highest BCUT2D eigenvalue weighted by molar-refractivity contribution is 6.35. The number of nitrogens with zero attached hydrogens (tertiary/aromatic N) is 1. The van der Waals surface area contributed by atoms with Crippen LogP contribution in [0.5, 0.6) is 11.5 Å². The molecule has 0 unspecified atom stereocenters. The smallest absolute Gasteiger partial charge is 0.262 e. The average Bonchev–Trinajstić information content (AvgIpc) is 2.86. The third-order valence-corrected chi connectivity index (χ3v) is 6.04. The zero-order chi connectivity index (χ0) is 26.9. The second kappa shape index (κ2) is 13.3. The SMILES string of the molecule is CCOc1ccc2ccccc2c1/C=N\NC(=O)[C@H](CC(C)C)NC(=O)[C@H](C)Oc1ccc(Cl)cc1Cl. The number of amides is 2. The van der Waals surface area contributed by atoms with Gasteiger partial charge in [0.2, 0.25) is 0 Å². The number of hydrazone groups is 1. The first-order chi connectivity index (χ1) is 17.7. The summed E-state index contributed by atoms with van der Waals surface area (Å²) in [5, 5.41) is 9.67. The van der Waals surface area contributed by atoms with E-state index in [4.69, 9.17) is 32.7 Å². The number of carbonyl (C=O) groups is 2. The fourth-order valence-electron chi connectivity index (χ4n) is 3.74. The number of carbonyl (C=O) groups excluding carboxylic acids is 2. The Hall–Kier alpha value is -3.29. The minimum atomic E-state index is -0.894. The summed E-state index contributed by atoms with van der Waals surface area (Å²) >= 11 is 12.1. The van der Waals surface area contributed by atoms with Crippen LogP contribution in [0.25, 0.3) is 10.8 Å². The minimum absolute atomic E-state index is 0.143. The second-order valence-corrected chi connectivity index (χ2v) is 9.73. The summed E-state index contributed by atoms with van der Waals surface area (Å²) in [4.78, 5) is 25.8. The summed E-state index contributed by atoms with van der Waals surface area (Å²) < 4.78 is 11.4. The lowest BCUT2D eigenvalue weighted by molar-refractivity contribution is -0.132. The number of hydrogen-bond donors (Lipinski definition) is 2. The number of rotatable bonds is 11. The summed E-state index contributed by atoms with van der Waals surface area (Å²) in [6.45, 7) is 7.91. The maximum atomic E-state index is 13.0. The van der Waals surface area contributed by atoms with Crippen LogP contribution in [0.15, 0.2) is 59.7 Å². The Morgan fingerprint density at radius 1 is 1.00 bits per heavy atom. The van der Waals surface area contributed by atoms with Crippen molar-refractivity contribution < 1.29 is 19.1 Å². The van der Waals surface area contributed by atoms with E-state index in [0.29, 0.717) is 29.5 Å². The molecule has 7 nitrogen and oxygen atoms in total. The highest BCUT2D eigenvalue weighted by Gasteiger charge is 2.25. The topological polar surface area (TPSA) is 89.0 Å². The predicted octanol–water partition coefficient (Wildman–Crippen LogP) is 5.99. The van der Waals surface area contributed by atoms with Gasteiger partial charge in [0.25, 0.3) is 11.8 Å². The monoisotopic (exact) mass is 543 g/mol. The molecule has 0 fully saturated rings. The first-order valence-corrected chi connectivity index (χ1v) is 12.8. The van der Waals surface area contributed by atoms with Gasteiger partial charge in [-0.2, -0.15) is 5.10 Å². The molecule has 0 aliphatic carbocycles. The summed E-state index contributed by atoms with van der Waals surface area (Å²) in [5.41, 5.74) is 3.32. The Labute approximate surface area is 227 Å². The van der Waals surface area contributed by atoms with E-state index in [0.717, 1.165) is 16.3 Å². The Morgan fingerprint density at radius 3 is 2.43 bits per heavy atom. The van der Waals surface area contributed by atoms with Gasteiger partial charge in [-0.3, -0.25) is 9.59 Å². The minimum Gasteiger partial charge on any atom is -0.493 e. The number of halogens is 2. The maximum Gasteiger partial charge on any atom is 0.262 e. The van der Waals surface area contributed by atoms with Crippen molar-refractivity contribution in [2.24, 2.45) is 11.0 Å². The molecule has 0 spiro atoms. The molecule has 2 N–H and O–H groups in total. The third-order valence-electron chi connectivity index (χ3n) is 5.51. The van der Waals surface area contributed by atoms with E-state index < -0.39 is 24.0 Å². The zero-order valence-corrected chi connectivity index (χ0v) is 22.8. The molecule has 2 amide bonds. The van der Waals surface area contributed by atoms with Gasteiger partial charge in [-0.25, -0.2) is 5.43 Å². The van der Waals surface area contributed by atoms with Crippen LogP contribution in [0.2, 0.25) is 10.0 Å². The first-order valence-electron chi connectivity index (χ1n) is 12.1. The van der Waals surface area contributed by atoms with Crippen LogP contribution in [0, 0.1) is 5.92 Å². The molecule has 0 aromatic heterocycles. The van der Waals surface area contributed by atoms with Crippen molar-refractivity contribution in [3.63, 3.8) is 0 Å². The van der Waals surface area contributed by atoms with Crippen molar-refractivity contribution in [3.8, 4) is 11.5 Å². The Bertz CT molecular complexity index is 1280. The average molecular weight is 544 g/mol. The van der Waals surface area contributed by atoms with Gasteiger partial charge in [-0.1, -0.05) is 67.4 Å². The Morgan fingerprint density at radius 2 is 1.73 bits per heavy atom. The third kappa shape index (κ3) is 7.84. The van der Waals surface area contributed by atoms with Crippen LogP contribution < -0.4 is 20.2 Å². The Balaban J connectivity index is 1.71. The van der Waals surface area contributed by atoms with Gasteiger partial charge in [0.1, 0.15) is 17.5 Å². The van der Waals surface area contributed by atoms with Gasteiger partial charge in [0.05, 0.1) is 17.8 Å². The highest BCUT2D eigenvalue weighted by atomic mass is 35.5. The fraction of sp³-hybridized carbons (Fsp3) is 0.321. The van der Waals surface area contributed by atoms with Gasteiger partial charge >= 0.3 is 0 Å². The molecule has 9 heteroatoms. The fourth-order valence-corrected chi connectivity index (χ4v) is 4.19. The molecule has 37 heavy (non-hydrogen) atoms. The van der Waals surface area contributed by atoms with E-state index in [-0.39, 0.29) is 10.9 Å². The van der Waals surface area contributed by atoms with Gasteiger partial charge in [0.15, 0.2) is 6.10 Å². The quantitative estimate of drug-likeness (QED) is 0.229. The van der Waals surface area contributed by atoms with Crippen molar-refractivity contribution in [3.05, 3.63) is 70.2 Å². The lowest BCUT2D eigenvalue weighted by Gasteiger charge is -2.22. The van der Waals surface area contributed by atoms with Crippen LogP contribution in [0.3, 0.4) is 0 Å². The molecule has 0 bridgehead atoms. The second-order valence-electron chi connectivity index (χ2n) is 8.89. The number of hydrogen-bond acceptors (Lipinski definition) is 5. The van der Waals surface area contributed by atoms with Gasteiger partial charge in [-0.15, -0.1) is 0 Å². The summed E-state index contributed by atoms with van der Waals surface area (Å²) in [5.74, 6) is 0.239. The largest absolute Gasteiger partial charge is 0.493 e. The van der Waals surface area contributed by atoms with Crippen molar-refractivity contribution in [2.45, 2.75) is 46.3 Å². The van der Waals surface area contributed by atoms with Crippen molar-refractivity contribution >= 4 is 52.0 Å². The molecule has 0 aliphatic rings. The Kier molecular flexibility index (Phi) is 10.2. The van der Waals surface area contributed by atoms with Gasteiger partial charge in [-0.05, 0) is 61.2 Å². The van der Waals surface area contributed by atoms with Crippen LogP contribution in [0.4, 0.5) is 0 Å². The highest BCUT2D eigenvalue weighted by Crippen LogP contribution is 2.29. The predicted molar refractivity (Wildman–Crippen MR) is 149 cm³/mol. The molecule has 3 aromatic rings. The van der Waals surface area contributed by atoms with Crippen LogP contribution in [-0.2, 0) is 9.59 Å². The van der Waals surface area contributed by atoms with E-state index in [1.54, 1.807) is 25.3 Å². The van der Waals surface area contributed by atoms with Crippen molar-refractivity contribution in [1.29, 1.82) is 0 Å². The van der Waals surface area contributed by atoms with Crippen LogP contribution >= 0.6 is 23.2 Å². The number of fused-ring (bicyclic) bond motifs is 1. The zero-order valence-electron chi connectivity index (χ0n) is 21.3. The van der Waals surface area contributed by atoms with Gasteiger partial charge in [0, 0.05) is 10.6 Å². The van der Waals surface area contributed by atoms with Crippen LogP contribution in [-0.4, -0.2) is 36.8 Å². The van der Waals surface area contributed by atoms with E-state index >= 15 is 0 Å². The molecule has 0 saturated carbocycles. The van der Waals surface area contributed by atoms with E-state index in [1.807, 2.05) is 57.2 Å². The summed E-state index contributed by atoms with van der Waals surface area (Å²) in [6.07, 6.45) is 1.09. The molecule has 0 heterocycles. The number of nitrogens with one attached hydrogen (secondary N) is 2. The van der Waals surface area contributed by atoms with Crippen molar-refractivity contribution in [1.82, 2.24) is 10.7 Å². The normalized spacial score (nSPS) is 12.9. The lowest BCUT2D eigenvalue weighted by Crippen LogP contribution is -2.49. The molecular formula is C28H31Cl2N3O4. The number of benzene rings is 3. The maximum absolute atomic E-state index is 13.0. The molecular weight excluding hydrogens is 513 g/mol. The summed E-state index contributed by atoms with van der Waals surface area (Å²) in [6, 6.07) is 15.6. The van der Waals surface area contributed by atoms with E-state index in [1.165, 1.54) is 6.07 Å². The number of ether oxygens (including phenoxy) is 2. The van der Waals surface area contributed by atoms with Gasteiger partial charge < -0.3 is 14.8 Å². The molecule has 2 atom stereocenters. The summed E-state index contributed by atoms with van der Waals surface area (Å²) in [7, 11) is 0. The molecule has 3 rings (SSSR count). The molecule has 3 aromatic carbocycles. The molecule has 196 valence electrons. The standard InChI is InChI=1S/C28H31Cl2N3O4/c1-5-36-25-12-10-19-8-6-7-9-21(19)22(25)16-31-33-28(35)24(14-17(2)3)32-27(34)18(4)37-26-13-11-20(29)15-23(26)30/h6-13,15-18,24H,5,14H2,1-4H3,(H,32,34)(H,33,35)/b31-16-/t18-,24-/m0/s1. The van der Waals surface area contributed by atoms with E-state index in [2.05, 4.69) is 15.8 Å². The van der Waals surface area contributed by atoms with Crippen LogP contribution in [0.1, 0.15) is 39.7 Å². The lowest BCUT2D eigenvalue weighted by atomic mass is 10.0. The van der Waals surface area contributed by atoms with E-state index in [9.17, 15) is 9.59 Å². The first kappa shape index (κ1) is 28.3. The molecule has 0 saturated heterocycles. The van der Waals surface area contributed by atoms with Crippen molar-refractivity contribution in [2.75, 3.05) is 6.61 Å². The molecule has 0 aliphatic heterocycles.